The molecule has 0 bridgehead atoms. The van der Waals surface area contributed by atoms with Crippen molar-refractivity contribution in [2.45, 2.75) is 50.8 Å². The van der Waals surface area contributed by atoms with E-state index in [1.807, 2.05) is 13.0 Å². The van der Waals surface area contributed by atoms with Crippen LogP contribution in [0.25, 0.3) is 22.2 Å². The minimum absolute atomic E-state index is 0.152. The summed E-state index contributed by atoms with van der Waals surface area (Å²) in [5.74, 6) is 2.07. The van der Waals surface area contributed by atoms with Crippen molar-refractivity contribution in [3.8, 4) is 22.8 Å². The number of anilines is 2. The maximum Gasteiger partial charge on any atom is 0.243 e. The molecule has 0 saturated carbocycles. The minimum Gasteiger partial charge on any atom is -0.496 e. The smallest absolute Gasteiger partial charge is 0.243 e. The zero-order valence-electron chi connectivity index (χ0n) is 25.3. The Bertz CT molecular complexity index is 1480. The van der Waals surface area contributed by atoms with Crippen LogP contribution >= 0.6 is 11.6 Å². The average Bonchev–Trinajstić information content (AvgIpc) is 3.02. The van der Waals surface area contributed by atoms with Crippen LogP contribution in [-0.2, 0) is 14.3 Å². The van der Waals surface area contributed by atoms with Gasteiger partial charge in [-0.3, -0.25) is 4.79 Å². The number of aromatic nitrogens is 3. The van der Waals surface area contributed by atoms with Crippen molar-refractivity contribution in [1.82, 2.24) is 20.3 Å². The first-order valence-corrected chi connectivity index (χ1v) is 14.7. The van der Waals surface area contributed by atoms with Crippen molar-refractivity contribution in [2.24, 2.45) is 0 Å². The highest BCUT2D eigenvalue weighted by Crippen LogP contribution is 2.44. The van der Waals surface area contributed by atoms with Crippen LogP contribution in [0.3, 0.4) is 0 Å². The molecule has 2 N–H and O–H groups in total. The van der Waals surface area contributed by atoms with Crippen molar-refractivity contribution in [3.05, 3.63) is 41.6 Å². The molecule has 230 valence electrons. The van der Waals surface area contributed by atoms with Crippen LogP contribution in [0.15, 0.2) is 31.0 Å². The molecular weight excluding hydrogens is 572 g/mol. The normalized spacial score (nSPS) is 20.0. The number of pyridine rings is 1. The van der Waals surface area contributed by atoms with E-state index in [1.165, 1.54) is 6.08 Å². The molecule has 1 amide bonds. The second-order valence-electron chi connectivity index (χ2n) is 11.1. The Hall–Kier alpha value is -3.67. The SMILES string of the molecule is C=CC(=O)N[C@H]1CCOC[C@H]1Nc1ncc2cc(-c3c(C)c(OC)cc(OC)c3Cl)nc(N3CCC(C)(OC)CC3)c2n1. The number of carbonyl (C=O) groups is 1. The molecule has 2 aromatic heterocycles. The summed E-state index contributed by atoms with van der Waals surface area (Å²) >= 11 is 6.88. The summed E-state index contributed by atoms with van der Waals surface area (Å²) in [4.78, 5) is 29.0. The van der Waals surface area contributed by atoms with E-state index in [2.05, 4.69) is 34.0 Å². The summed E-state index contributed by atoms with van der Waals surface area (Å²) in [7, 11) is 4.95. The number of fused-ring (bicyclic) bond motifs is 1. The zero-order valence-corrected chi connectivity index (χ0v) is 26.1. The number of rotatable bonds is 9. The van der Waals surface area contributed by atoms with Crippen LogP contribution in [-0.4, -0.2) is 86.2 Å². The van der Waals surface area contributed by atoms with Gasteiger partial charge in [0, 0.05) is 55.6 Å². The van der Waals surface area contributed by atoms with Crippen LogP contribution in [0.4, 0.5) is 11.8 Å². The summed E-state index contributed by atoms with van der Waals surface area (Å²) in [5.41, 5.74) is 2.74. The Morgan fingerprint density at radius 1 is 1.16 bits per heavy atom. The van der Waals surface area contributed by atoms with E-state index in [9.17, 15) is 4.79 Å². The summed E-state index contributed by atoms with van der Waals surface area (Å²) in [6.07, 6.45) is 5.39. The van der Waals surface area contributed by atoms with Crippen molar-refractivity contribution < 1.29 is 23.7 Å². The quantitative estimate of drug-likeness (QED) is 0.334. The Morgan fingerprint density at radius 3 is 2.58 bits per heavy atom. The van der Waals surface area contributed by atoms with Crippen molar-refractivity contribution in [1.29, 1.82) is 0 Å². The third-order valence-corrected chi connectivity index (χ3v) is 8.86. The first kappa shape index (κ1) is 30.8. The largest absolute Gasteiger partial charge is 0.496 e. The molecule has 11 nitrogen and oxygen atoms in total. The Morgan fingerprint density at radius 2 is 1.91 bits per heavy atom. The third kappa shape index (κ3) is 6.34. The van der Waals surface area contributed by atoms with Gasteiger partial charge in [-0.15, -0.1) is 0 Å². The molecule has 5 rings (SSSR count). The van der Waals surface area contributed by atoms with E-state index in [-0.39, 0.29) is 23.6 Å². The summed E-state index contributed by atoms with van der Waals surface area (Å²) in [5, 5.41) is 7.63. The van der Waals surface area contributed by atoms with E-state index < -0.39 is 0 Å². The number of hydrogen-bond donors (Lipinski definition) is 2. The number of piperidine rings is 1. The van der Waals surface area contributed by atoms with Gasteiger partial charge in [0.1, 0.15) is 17.0 Å². The topological polar surface area (TPSA) is 120 Å². The summed E-state index contributed by atoms with van der Waals surface area (Å²) in [6.45, 7) is 10.1. The van der Waals surface area contributed by atoms with Gasteiger partial charge in [-0.1, -0.05) is 18.2 Å². The number of benzene rings is 1. The van der Waals surface area contributed by atoms with Crippen LogP contribution in [0.5, 0.6) is 11.5 Å². The molecule has 3 aromatic rings. The molecule has 2 saturated heterocycles. The second kappa shape index (κ2) is 12.9. The lowest BCUT2D eigenvalue weighted by atomic mass is 9.93. The highest BCUT2D eigenvalue weighted by atomic mass is 35.5. The Kier molecular flexibility index (Phi) is 9.24. The van der Waals surface area contributed by atoms with Crippen molar-refractivity contribution in [3.63, 3.8) is 0 Å². The zero-order chi connectivity index (χ0) is 30.7. The third-order valence-electron chi connectivity index (χ3n) is 8.48. The van der Waals surface area contributed by atoms with E-state index in [0.29, 0.717) is 53.3 Å². The lowest BCUT2D eigenvalue weighted by Gasteiger charge is -2.39. The molecule has 4 heterocycles. The number of ether oxygens (including phenoxy) is 4. The number of halogens is 1. The van der Waals surface area contributed by atoms with Crippen molar-refractivity contribution >= 4 is 40.2 Å². The lowest BCUT2D eigenvalue weighted by Crippen LogP contribution is -2.52. The van der Waals surface area contributed by atoms with Crippen LogP contribution in [0.1, 0.15) is 31.7 Å². The molecule has 2 aliphatic rings. The highest BCUT2D eigenvalue weighted by molar-refractivity contribution is 6.35. The second-order valence-corrected chi connectivity index (χ2v) is 11.5. The molecule has 0 radical (unpaired) electrons. The van der Waals surface area contributed by atoms with E-state index in [0.717, 1.165) is 48.3 Å². The van der Waals surface area contributed by atoms with E-state index >= 15 is 0 Å². The number of nitrogens with one attached hydrogen (secondary N) is 2. The molecule has 1 aromatic carbocycles. The number of hydrogen-bond acceptors (Lipinski definition) is 10. The maximum atomic E-state index is 12.0. The summed E-state index contributed by atoms with van der Waals surface area (Å²) < 4.78 is 22.7. The van der Waals surface area contributed by atoms with Gasteiger partial charge in [-0.2, -0.15) is 0 Å². The van der Waals surface area contributed by atoms with Crippen LogP contribution in [0, 0.1) is 6.92 Å². The molecule has 2 atom stereocenters. The van der Waals surface area contributed by atoms with Gasteiger partial charge in [-0.05, 0) is 45.3 Å². The standard InChI is InChI=1S/C31H39ClN6O5/c1-7-25(39)34-20-8-13-43-17-22(20)36-30-33-16-19-14-21(26-18(2)23(40-4)15-24(41-5)27(26)32)35-29(28(19)37-30)38-11-9-31(3,42-6)10-12-38/h7,14-16,20,22H,1,8-13,17H2,2-6H3,(H,34,39)(H,33,36,37)/t20-,22+/m0/s1. The van der Waals surface area contributed by atoms with Gasteiger partial charge in [0.25, 0.3) is 0 Å². The first-order chi connectivity index (χ1) is 20.7. The van der Waals surface area contributed by atoms with Crippen LogP contribution in [0.2, 0.25) is 5.02 Å². The van der Waals surface area contributed by atoms with Crippen molar-refractivity contribution in [2.75, 3.05) is 57.8 Å². The Labute approximate surface area is 256 Å². The van der Waals surface area contributed by atoms with Gasteiger partial charge in [0.2, 0.25) is 11.9 Å². The molecule has 2 fully saturated rings. The fraction of sp³-hybridized carbons (Fsp3) is 0.484. The fourth-order valence-electron chi connectivity index (χ4n) is 5.66. The highest BCUT2D eigenvalue weighted by Gasteiger charge is 2.32. The molecule has 0 spiro atoms. The molecule has 2 aliphatic heterocycles. The average molecular weight is 611 g/mol. The van der Waals surface area contributed by atoms with E-state index in [4.69, 9.17) is 40.5 Å². The van der Waals surface area contributed by atoms with Gasteiger partial charge >= 0.3 is 0 Å². The van der Waals surface area contributed by atoms with E-state index in [1.54, 1.807) is 33.6 Å². The van der Waals surface area contributed by atoms with Crippen LogP contribution < -0.4 is 25.0 Å². The fourth-order valence-corrected chi connectivity index (χ4v) is 6.03. The number of nitrogens with zero attached hydrogens (tertiary/aromatic N) is 4. The first-order valence-electron chi connectivity index (χ1n) is 14.4. The molecule has 0 unspecified atom stereocenters. The summed E-state index contributed by atoms with van der Waals surface area (Å²) in [6, 6.07) is 3.35. The van der Waals surface area contributed by atoms with Gasteiger partial charge in [0.15, 0.2) is 5.82 Å². The predicted octanol–water partition coefficient (Wildman–Crippen LogP) is 4.55. The number of carbonyl (C=O) groups excluding carboxylic acids is 1. The number of amides is 1. The molecular formula is C31H39ClN6O5. The van der Waals surface area contributed by atoms with Gasteiger partial charge in [0.05, 0.1) is 49.2 Å². The van der Waals surface area contributed by atoms with Gasteiger partial charge < -0.3 is 34.5 Å². The Balaban J connectivity index is 1.59. The molecule has 0 aliphatic carbocycles. The molecule has 43 heavy (non-hydrogen) atoms. The maximum absolute atomic E-state index is 12.0. The lowest BCUT2D eigenvalue weighted by molar-refractivity contribution is -0.117. The number of methoxy groups -OCH3 is 3. The monoisotopic (exact) mass is 610 g/mol. The van der Waals surface area contributed by atoms with Gasteiger partial charge in [-0.25, -0.2) is 15.0 Å². The molecule has 12 heteroatoms. The minimum atomic E-state index is -0.228. The predicted molar refractivity (Wildman–Crippen MR) is 167 cm³/mol.